The number of likely N-dealkylation sites (tertiary alicyclic amines) is 1. The van der Waals surface area contributed by atoms with Crippen molar-refractivity contribution in [2.45, 2.75) is 31.7 Å². The molecule has 11 heteroatoms. The zero-order valence-corrected chi connectivity index (χ0v) is 22.6. The predicted octanol–water partition coefficient (Wildman–Crippen LogP) is 6.31. The number of rotatable bonds is 8. The standard InChI is InChI=1S/C30H29F3N4O4/c1-37-12-10-22(11-13-37)40-27-9-6-20(15-26(27)30(31,32)33)36-29(38)25-5-3-4-19-14-23(7-8-24(19)25)41-28-16-21(17-39-2)34-18-35-28/h3-9,14-16,18,22H,10-13,17H2,1-2H3,(H,36,38). The minimum atomic E-state index is -4.65. The van der Waals surface area contributed by atoms with E-state index in [1.807, 2.05) is 13.1 Å². The smallest absolute Gasteiger partial charge is 0.420 e. The molecule has 1 N–H and O–H groups in total. The van der Waals surface area contributed by atoms with Gasteiger partial charge in [0.25, 0.3) is 5.91 Å². The number of benzene rings is 3. The molecule has 1 aliphatic rings. The Morgan fingerprint density at radius 2 is 1.85 bits per heavy atom. The molecule has 1 aromatic heterocycles. The Labute approximate surface area is 235 Å². The number of ether oxygens (including phenoxy) is 3. The number of amides is 1. The molecule has 8 nitrogen and oxygen atoms in total. The Hall–Kier alpha value is -4.22. The monoisotopic (exact) mass is 566 g/mol. The number of anilines is 1. The maximum absolute atomic E-state index is 13.9. The Morgan fingerprint density at radius 3 is 2.61 bits per heavy atom. The van der Waals surface area contributed by atoms with E-state index in [-0.39, 0.29) is 17.5 Å². The molecular formula is C30H29F3N4O4. The van der Waals surface area contributed by atoms with E-state index in [0.717, 1.165) is 19.2 Å². The quantitative estimate of drug-likeness (QED) is 0.267. The lowest BCUT2D eigenvalue weighted by molar-refractivity contribution is -0.139. The van der Waals surface area contributed by atoms with Crippen molar-refractivity contribution in [1.29, 1.82) is 0 Å². The van der Waals surface area contributed by atoms with Crippen molar-refractivity contribution in [2.75, 3.05) is 32.6 Å². The normalized spacial score (nSPS) is 14.7. The molecule has 1 saturated heterocycles. The van der Waals surface area contributed by atoms with Crippen molar-refractivity contribution >= 4 is 22.4 Å². The second-order valence-corrected chi connectivity index (χ2v) is 9.85. The maximum atomic E-state index is 13.9. The molecule has 0 aliphatic carbocycles. The molecule has 41 heavy (non-hydrogen) atoms. The molecule has 0 unspecified atom stereocenters. The van der Waals surface area contributed by atoms with Gasteiger partial charge in [0.1, 0.15) is 23.9 Å². The highest BCUT2D eigenvalue weighted by atomic mass is 19.4. The molecule has 1 fully saturated rings. The van der Waals surface area contributed by atoms with E-state index in [1.165, 1.54) is 18.5 Å². The summed E-state index contributed by atoms with van der Waals surface area (Å²) in [5.74, 6) is 0.0540. The van der Waals surface area contributed by atoms with Crippen molar-refractivity contribution in [3.05, 3.63) is 83.8 Å². The molecule has 0 atom stereocenters. The van der Waals surface area contributed by atoms with Crippen LogP contribution in [0, 0.1) is 0 Å². The van der Waals surface area contributed by atoms with Crippen molar-refractivity contribution < 1.29 is 32.2 Å². The molecule has 2 heterocycles. The van der Waals surface area contributed by atoms with Crippen LogP contribution in [0.25, 0.3) is 10.8 Å². The van der Waals surface area contributed by atoms with Crippen LogP contribution in [0.4, 0.5) is 18.9 Å². The van der Waals surface area contributed by atoms with Gasteiger partial charge in [-0.3, -0.25) is 4.79 Å². The van der Waals surface area contributed by atoms with Crippen molar-refractivity contribution in [1.82, 2.24) is 14.9 Å². The minimum absolute atomic E-state index is 0.0191. The number of hydrogen-bond acceptors (Lipinski definition) is 7. The van der Waals surface area contributed by atoms with E-state index in [0.29, 0.717) is 53.1 Å². The van der Waals surface area contributed by atoms with Gasteiger partial charge in [-0.2, -0.15) is 13.2 Å². The minimum Gasteiger partial charge on any atom is -0.490 e. The third-order valence-electron chi connectivity index (χ3n) is 6.81. The Bertz CT molecular complexity index is 1540. The first-order valence-corrected chi connectivity index (χ1v) is 13.1. The van der Waals surface area contributed by atoms with E-state index in [2.05, 4.69) is 20.2 Å². The van der Waals surface area contributed by atoms with E-state index in [4.69, 9.17) is 14.2 Å². The lowest BCUT2D eigenvalue weighted by Crippen LogP contribution is -2.36. The van der Waals surface area contributed by atoms with Crippen LogP contribution in [-0.2, 0) is 17.5 Å². The first-order chi connectivity index (χ1) is 19.7. The molecule has 0 bridgehead atoms. The number of halogens is 3. The first kappa shape index (κ1) is 28.3. The highest BCUT2D eigenvalue weighted by Gasteiger charge is 2.36. The highest BCUT2D eigenvalue weighted by Crippen LogP contribution is 2.39. The van der Waals surface area contributed by atoms with Crippen LogP contribution in [0.5, 0.6) is 17.4 Å². The Morgan fingerprint density at radius 1 is 1.05 bits per heavy atom. The van der Waals surface area contributed by atoms with Crippen molar-refractivity contribution in [3.8, 4) is 17.4 Å². The number of piperidine rings is 1. The molecular weight excluding hydrogens is 537 g/mol. The molecule has 1 amide bonds. The van der Waals surface area contributed by atoms with Crippen LogP contribution in [0.3, 0.4) is 0 Å². The average Bonchev–Trinajstić information content (AvgIpc) is 2.94. The summed E-state index contributed by atoms with van der Waals surface area (Å²) < 4.78 is 58.5. The number of fused-ring (bicyclic) bond motifs is 1. The zero-order chi connectivity index (χ0) is 29.0. The number of alkyl halides is 3. The van der Waals surface area contributed by atoms with Crippen LogP contribution in [-0.4, -0.2) is 54.1 Å². The Balaban J connectivity index is 1.34. The van der Waals surface area contributed by atoms with Gasteiger partial charge in [0, 0.05) is 37.5 Å². The highest BCUT2D eigenvalue weighted by molar-refractivity contribution is 6.13. The van der Waals surface area contributed by atoms with Crippen LogP contribution >= 0.6 is 0 Å². The second-order valence-electron chi connectivity index (χ2n) is 9.85. The number of methoxy groups -OCH3 is 1. The number of hydrogen-bond donors (Lipinski definition) is 1. The molecule has 214 valence electrons. The van der Waals surface area contributed by atoms with Gasteiger partial charge in [-0.05, 0) is 73.1 Å². The third kappa shape index (κ3) is 6.93. The fourth-order valence-electron chi connectivity index (χ4n) is 4.72. The Kier molecular flexibility index (Phi) is 8.36. The van der Waals surface area contributed by atoms with Crippen molar-refractivity contribution in [3.63, 3.8) is 0 Å². The lowest BCUT2D eigenvalue weighted by atomic mass is 10.0. The van der Waals surface area contributed by atoms with Crippen LogP contribution in [0.1, 0.15) is 34.5 Å². The third-order valence-corrected chi connectivity index (χ3v) is 6.81. The second kappa shape index (κ2) is 12.1. The van der Waals surface area contributed by atoms with Gasteiger partial charge < -0.3 is 24.4 Å². The molecule has 5 rings (SSSR count). The zero-order valence-electron chi connectivity index (χ0n) is 22.6. The summed E-state index contributed by atoms with van der Waals surface area (Å²) >= 11 is 0. The lowest BCUT2D eigenvalue weighted by Gasteiger charge is -2.30. The van der Waals surface area contributed by atoms with Gasteiger partial charge in [0.15, 0.2) is 0 Å². The molecule has 3 aromatic carbocycles. The van der Waals surface area contributed by atoms with Gasteiger partial charge in [-0.15, -0.1) is 0 Å². The summed E-state index contributed by atoms with van der Waals surface area (Å²) in [7, 11) is 3.53. The summed E-state index contributed by atoms with van der Waals surface area (Å²) in [4.78, 5) is 23.5. The fraction of sp³-hybridized carbons (Fsp3) is 0.300. The van der Waals surface area contributed by atoms with E-state index in [9.17, 15) is 18.0 Å². The summed E-state index contributed by atoms with van der Waals surface area (Å²) in [6, 6.07) is 15.6. The van der Waals surface area contributed by atoms with Gasteiger partial charge in [-0.25, -0.2) is 9.97 Å². The van der Waals surface area contributed by atoms with Crippen LogP contribution in [0.2, 0.25) is 0 Å². The largest absolute Gasteiger partial charge is 0.490 e. The molecule has 4 aromatic rings. The number of nitrogens with zero attached hydrogens (tertiary/aromatic N) is 3. The summed E-state index contributed by atoms with van der Waals surface area (Å²) in [5, 5.41) is 3.93. The SMILES string of the molecule is COCc1cc(Oc2ccc3c(C(=O)Nc4ccc(OC5CCN(C)CC5)c(C(F)(F)F)c4)cccc3c2)ncn1. The summed E-state index contributed by atoms with van der Waals surface area (Å²) in [5.41, 5.74) is 0.0592. The number of carbonyl (C=O) groups is 1. The molecule has 0 saturated carbocycles. The van der Waals surface area contributed by atoms with Gasteiger partial charge in [0.2, 0.25) is 5.88 Å². The number of carbonyl (C=O) groups excluding carboxylic acids is 1. The van der Waals surface area contributed by atoms with Crippen molar-refractivity contribution in [2.24, 2.45) is 0 Å². The summed E-state index contributed by atoms with van der Waals surface area (Å²) in [6.45, 7) is 1.83. The van der Waals surface area contributed by atoms with Gasteiger partial charge in [-0.1, -0.05) is 12.1 Å². The van der Waals surface area contributed by atoms with E-state index < -0.39 is 17.6 Å². The van der Waals surface area contributed by atoms with E-state index >= 15 is 0 Å². The van der Waals surface area contributed by atoms with Crippen LogP contribution in [0.15, 0.2) is 67.0 Å². The molecule has 0 spiro atoms. The van der Waals surface area contributed by atoms with Gasteiger partial charge in [0.05, 0.1) is 17.9 Å². The topological polar surface area (TPSA) is 85.8 Å². The molecule has 0 radical (unpaired) electrons. The fourth-order valence-corrected chi connectivity index (χ4v) is 4.72. The average molecular weight is 567 g/mol. The maximum Gasteiger partial charge on any atom is 0.420 e. The molecule has 1 aliphatic heterocycles. The van der Waals surface area contributed by atoms with Gasteiger partial charge >= 0.3 is 6.18 Å². The predicted molar refractivity (Wildman–Crippen MR) is 147 cm³/mol. The first-order valence-electron chi connectivity index (χ1n) is 13.1. The number of aromatic nitrogens is 2. The van der Waals surface area contributed by atoms with E-state index in [1.54, 1.807) is 43.5 Å². The summed E-state index contributed by atoms with van der Waals surface area (Å²) in [6.07, 6.45) is -2.27. The number of nitrogens with one attached hydrogen (secondary N) is 1. The van der Waals surface area contributed by atoms with Crippen LogP contribution < -0.4 is 14.8 Å².